The molecule has 114 valence electrons. The topological polar surface area (TPSA) is 58.2 Å². The van der Waals surface area contributed by atoms with Gasteiger partial charge in [-0.05, 0) is 38.0 Å². The molecule has 0 aliphatic carbocycles. The highest BCUT2D eigenvalue weighted by molar-refractivity contribution is 5.97. The molecular formula is C18H20N2O2. The quantitative estimate of drug-likeness (QED) is 0.842. The number of benzene rings is 2. The standard InChI is InChI=1S/C18H20N2O2/c1-12-4-7-15(8-5-12)11-19-18(22)20-17-10-16(14(3)21)9-6-13(17)2/h4-10H,11H2,1-3H3,(H2,19,20,22). The van der Waals surface area contributed by atoms with Gasteiger partial charge < -0.3 is 10.6 Å². The second-order valence-electron chi connectivity index (χ2n) is 5.38. The lowest BCUT2D eigenvalue weighted by Crippen LogP contribution is -2.28. The molecule has 0 aliphatic rings. The summed E-state index contributed by atoms with van der Waals surface area (Å²) in [5, 5.41) is 5.59. The van der Waals surface area contributed by atoms with Crippen LogP contribution in [0.25, 0.3) is 0 Å². The van der Waals surface area contributed by atoms with E-state index in [1.165, 1.54) is 12.5 Å². The van der Waals surface area contributed by atoms with E-state index in [-0.39, 0.29) is 11.8 Å². The first kappa shape index (κ1) is 15.8. The number of Topliss-reactive ketones (excluding diaryl/α,β-unsaturated/α-hetero) is 1. The van der Waals surface area contributed by atoms with Crippen molar-refractivity contribution in [2.75, 3.05) is 5.32 Å². The highest BCUT2D eigenvalue weighted by Gasteiger charge is 2.07. The summed E-state index contributed by atoms with van der Waals surface area (Å²) >= 11 is 0. The molecule has 0 aromatic heterocycles. The third-order valence-corrected chi connectivity index (χ3v) is 3.47. The van der Waals surface area contributed by atoms with Gasteiger partial charge in [-0.2, -0.15) is 0 Å². The number of ketones is 1. The third kappa shape index (κ3) is 4.19. The molecule has 4 nitrogen and oxygen atoms in total. The van der Waals surface area contributed by atoms with Crippen LogP contribution in [-0.2, 0) is 6.54 Å². The monoisotopic (exact) mass is 296 g/mol. The lowest BCUT2D eigenvalue weighted by molar-refractivity contribution is 0.101. The molecule has 2 aromatic rings. The van der Waals surface area contributed by atoms with Crippen LogP contribution in [0.5, 0.6) is 0 Å². The molecule has 2 rings (SSSR count). The van der Waals surface area contributed by atoms with Crippen molar-refractivity contribution in [2.45, 2.75) is 27.3 Å². The van der Waals surface area contributed by atoms with Crippen LogP contribution in [0.1, 0.15) is 34.0 Å². The Hall–Kier alpha value is -2.62. The molecule has 0 heterocycles. The Labute approximate surface area is 130 Å². The fraction of sp³-hybridized carbons (Fsp3) is 0.222. The molecule has 0 fully saturated rings. The number of nitrogens with one attached hydrogen (secondary N) is 2. The van der Waals surface area contributed by atoms with Gasteiger partial charge in [0.25, 0.3) is 0 Å². The van der Waals surface area contributed by atoms with Crippen molar-refractivity contribution in [3.8, 4) is 0 Å². The number of hydrogen-bond acceptors (Lipinski definition) is 2. The first-order valence-electron chi connectivity index (χ1n) is 7.17. The van der Waals surface area contributed by atoms with Crippen LogP contribution in [0.2, 0.25) is 0 Å². The van der Waals surface area contributed by atoms with E-state index in [9.17, 15) is 9.59 Å². The van der Waals surface area contributed by atoms with E-state index in [0.29, 0.717) is 17.8 Å². The summed E-state index contributed by atoms with van der Waals surface area (Å²) in [6, 6.07) is 13.0. The van der Waals surface area contributed by atoms with Crippen molar-refractivity contribution in [2.24, 2.45) is 0 Å². The maximum Gasteiger partial charge on any atom is 0.319 e. The fourth-order valence-corrected chi connectivity index (χ4v) is 2.03. The molecule has 2 amide bonds. The minimum atomic E-state index is -0.288. The van der Waals surface area contributed by atoms with Gasteiger partial charge >= 0.3 is 6.03 Å². The molecule has 0 saturated carbocycles. The van der Waals surface area contributed by atoms with Gasteiger partial charge in [0, 0.05) is 17.8 Å². The maximum absolute atomic E-state index is 12.0. The summed E-state index contributed by atoms with van der Waals surface area (Å²) in [4.78, 5) is 23.4. The molecule has 0 spiro atoms. The highest BCUT2D eigenvalue weighted by Crippen LogP contribution is 2.17. The van der Waals surface area contributed by atoms with Crippen molar-refractivity contribution in [1.29, 1.82) is 0 Å². The van der Waals surface area contributed by atoms with Crippen molar-refractivity contribution in [3.05, 3.63) is 64.7 Å². The number of hydrogen-bond donors (Lipinski definition) is 2. The minimum Gasteiger partial charge on any atom is -0.334 e. The summed E-state index contributed by atoms with van der Waals surface area (Å²) in [5.41, 5.74) is 4.36. The van der Waals surface area contributed by atoms with E-state index in [1.807, 2.05) is 44.2 Å². The molecule has 0 atom stereocenters. The van der Waals surface area contributed by atoms with Gasteiger partial charge in [0.15, 0.2) is 5.78 Å². The Morgan fingerprint density at radius 3 is 2.32 bits per heavy atom. The number of amides is 2. The maximum atomic E-state index is 12.0. The number of rotatable bonds is 4. The van der Waals surface area contributed by atoms with Gasteiger partial charge in [-0.25, -0.2) is 4.79 Å². The average molecular weight is 296 g/mol. The van der Waals surface area contributed by atoms with Crippen molar-refractivity contribution in [1.82, 2.24) is 5.32 Å². The van der Waals surface area contributed by atoms with Crippen LogP contribution in [0.3, 0.4) is 0 Å². The average Bonchev–Trinajstić information content (AvgIpc) is 2.48. The van der Waals surface area contributed by atoms with Gasteiger partial charge in [-0.3, -0.25) is 4.79 Å². The normalized spacial score (nSPS) is 10.1. The Balaban J connectivity index is 1.98. The van der Waals surface area contributed by atoms with Crippen LogP contribution in [-0.4, -0.2) is 11.8 Å². The molecule has 22 heavy (non-hydrogen) atoms. The first-order chi connectivity index (χ1) is 10.5. The lowest BCUT2D eigenvalue weighted by Gasteiger charge is -2.11. The van der Waals surface area contributed by atoms with Gasteiger partial charge in [0.2, 0.25) is 0 Å². The molecule has 0 radical (unpaired) electrons. The highest BCUT2D eigenvalue weighted by atomic mass is 16.2. The predicted molar refractivity (Wildman–Crippen MR) is 88.2 cm³/mol. The first-order valence-corrected chi connectivity index (χ1v) is 7.17. The van der Waals surface area contributed by atoms with Crippen LogP contribution in [0.15, 0.2) is 42.5 Å². The number of aryl methyl sites for hydroxylation is 2. The minimum absolute atomic E-state index is 0.0249. The summed E-state index contributed by atoms with van der Waals surface area (Å²) in [7, 11) is 0. The molecule has 2 aromatic carbocycles. The van der Waals surface area contributed by atoms with Crippen LogP contribution in [0, 0.1) is 13.8 Å². The second kappa shape index (κ2) is 6.89. The smallest absolute Gasteiger partial charge is 0.319 e. The fourth-order valence-electron chi connectivity index (χ4n) is 2.03. The molecular weight excluding hydrogens is 276 g/mol. The van der Waals surface area contributed by atoms with E-state index >= 15 is 0 Å². The van der Waals surface area contributed by atoms with E-state index in [2.05, 4.69) is 10.6 Å². The molecule has 0 unspecified atom stereocenters. The number of carbonyl (C=O) groups excluding carboxylic acids is 2. The second-order valence-corrected chi connectivity index (χ2v) is 5.38. The zero-order chi connectivity index (χ0) is 16.1. The number of anilines is 1. The predicted octanol–water partition coefficient (Wildman–Crippen LogP) is 3.83. The van der Waals surface area contributed by atoms with Crippen molar-refractivity contribution < 1.29 is 9.59 Å². The van der Waals surface area contributed by atoms with Crippen LogP contribution < -0.4 is 10.6 Å². The zero-order valence-electron chi connectivity index (χ0n) is 13.1. The molecule has 0 aliphatic heterocycles. The van der Waals surface area contributed by atoms with Crippen LogP contribution >= 0.6 is 0 Å². The zero-order valence-corrected chi connectivity index (χ0v) is 13.1. The summed E-state index contributed by atoms with van der Waals surface area (Å²) in [5.74, 6) is -0.0249. The number of urea groups is 1. The van der Waals surface area contributed by atoms with Gasteiger partial charge in [-0.1, -0.05) is 42.0 Å². The van der Waals surface area contributed by atoms with Gasteiger partial charge in [0.05, 0.1) is 0 Å². The van der Waals surface area contributed by atoms with Crippen molar-refractivity contribution in [3.63, 3.8) is 0 Å². The van der Waals surface area contributed by atoms with E-state index in [4.69, 9.17) is 0 Å². The summed E-state index contributed by atoms with van der Waals surface area (Å²) in [6.45, 7) is 5.87. The van der Waals surface area contributed by atoms with Crippen LogP contribution in [0.4, 0.5) is 10.5 Å². The summed E-state index contributed by atoms with van der Waals surface area (Å²) < 4.78 is 0. The Bertz CT molecular complexity index is 691. The van der Waals surface area contributed by atoms with Crippen molar-refractivity contribution >= 4 is 17.5 Å². The van der Waals surface area contributed by atoms with E-state index in [1.54, 1.807) is 12.1 Å². The molecule has 4 heteroatoms. The van der Waals surface area contributed by atoms with E-state index < -0.39 is 0 Å². The molecule has 0 saturated heterocycles. The van der Waals surface area contributed by atoms with E-state index in [0.717, 1.165) is 11.1 Å². The van der Waals surface area contributed by atoms with Gasteiger partial charge in [-0.15, -0.1) is 0 Å². The Morgan fingerprint density at radius 1 is 1.00 bits per heavy atom. The SMILES string of the molecule is CC(=O)c1ccc(C)c(NC(=O)NCc2ccc(C)cc2)c1. The molecule has 2 N–H and O–H groups in total. The Kier molecular flexibility index (Phi) is 4.94. The lowest BCUT2D eigenvalue weighted by atomic mass is 10.1. The third-order valence-electron chi connectivity index (χ3n) is 3.47. The van der Waals surface area contributed by atoms with Gasteiger partial charge in [0.1, 0.15) is 0 Å². The summed E-state index contributed by atoms with van der Waals surface area (Å²) in [6.07, 6.45) is 0. The largest absolute Gasteiger partial charge is 0.334 e. The molecule has 0 bridgehead atoms. The Morgan fingerprint density at radius 2 is 1.68 bits per heavy atom. The number of carbonyl (C=O) groups is 2.